The molecular weight excluding hydrogens is 444 g/mol. The Labute approximate surface area is 196 Å². The molecule has 172 valence electrons. The van der Waals surface area contributed by atoms with Gasteiger partial charge in [0.25, 0.3) is 0 Å². The third-order valence-electron chi connectivity index (χ3n) is 4.96. The number of carboxylic acids is 1. The summed E-state index contributed by atoms with van der Waals surface area (Å²) in [6.45, 7) is 4.26. The zero-order valence-electron chi connectivity index (χ0n) is 18.3. The fourth-order valence-corrected chi connectivity index (χ4v) is 3.54. The number of nitrogens with zero attached hydrogens (tertiary/aromatic N) is 3. The molecule has 0 saturated heterocycles. The summed E-state index contributed by atoms with van der Waals surface area (Å²) in [4.78, 5) is 40.9. The topological polar surface area (TPSA) is 106 Å². The zero-order valence-corrected chi connectivity index (χ0v) is 19.1. The zero-order chi connectivity index (χ0) is 24.0. The number of rotatable bonds is 9. The van der Waals surface area contributed by atoms with E-state index >= 15 is 0 Å². The SMILES string of the molecule is CC(C)C[C@@H](C(=O)Nc1ccc(/C=C/C(=O)O)cn1)n1ccn(Cc2ccccc2Cl)c1=O. The Morgan fingerprint density at radius 2 is 1.94 bits per heavy atom. The maximum absolute atomic E-state index is 13.1. The van der Waals surface area contributed by atoms with Crippen LogP contribution >= 0.6 is 11.6 Å². The van der Waals surface area contributed by atoms with E-state index in [4.69, 9.17) is 16.7 Å². The third kappa shape index (κ3) is 6.43. The maximum atomic E-state index is 13.1. The number of carbonyl (C=O) groups excluding carboxylic acids is 1. The molecule has 2 N–H and O–H groups in total. The predicted octanol–water partition coefficient (Wildman–Crippen LogP) is 4.07. The Bertz CT molecular complexity index is 1210. The van der Waals surface area contributed by atoms with Gasteiger partial charge in [-0.05, 0) is 47.7 Å². The van der Waals surface area contributed by atoms with Crippen LogP contribution in [0.25, 0.3) is 6.08 Å². The van der Waals surface area contributed by atoms with Gasteiger partial charge >= 0.3 is 11.7 Å². The van der Waals surface area contributed by atoms with E-state index in [-0.39, 0.29) is 17.5 Å². The van der Waals surface area contributed by atoms with Crippen molar-refractivity contribution in [3.05, 3.63) is 87.7 Å². The van der Waals surface area contributed by atoms with E-state index in [0.717, 1.165) is 11.6 Å². The Balaban J connectivity index is 1.80. The molecule has 33 heavy (non-hydrogen) atoms. The molecule has 8 nitrogen and oxygen atoms in total. The second kappa shape index (κ2) is 10.8. The molecule has 1 aromatic carbocycles. The molecule has 2 heterocycles. The van der Waals surface area contributed by atoms with E-state index in [1.54, 1.807) is 30.6 Å². The molecule has 0 aliphatic heterocycles. The summed E-state index contributed by atoms with van der Waals surface area (Å²) in [6.07, 6.45) is 7.59. The van der Waals surface area contributed by atoms with E-state index in [2.05, 4.69) is 10.3 Å². The number of anilines is 1. The summed E-state index contributed by atoms with van der Waals surface area (Å²) in [7, 11) is 0. The molecule has 9 heteroatoms. The summed E-state index contributed by atoms with van der Waals surface area (Å²) in [5, 5.41) is 12.0. The van der Waals surface area contributed by atoms with Crippen LogP contribution in [-0.4, -0.2) is 31.1 Å². The van der Waals surface area contributed by atoms with Gasteiger partial charge in [0.05, 0.1) is 6.54 Å². The first kappa shape index (κ1) is 24.0. The Hall–Kier alpha value is -3.65. The van der Waals surface area contributed by atoms with Crippen LogP contribution in [0.5, 0.6) is 0 Å². The summed E-state index contributed by atoms with van der Waals surface area (Å²) >= 11 is 6.23. The van der Waals surface area contributed by atoms with Gasteiger partial charge in [0.2, 0.25) is 5.91 Å². The van der Waals surface area contributed by atoms with E-state index in [1.807, 2.05) is 32.0 Å². The highest BCUT2D eigenvalue weighted by Crippen LogP contribution is 2.20. The molecule has 0 unspecified atom stereocenters. The molecule has 1 atom stereocenters. The number of aliphatic carboxylic acids is 1. The van der Waals surface area contributed by atoms with Gasteiger partial charge in [-0.15, -0.1) is 0 Å². The molecule has 3 aromatic rings. The van der Waals surface area contributed by atoms with Crippen molar-refractivity contribution in [2.24, 2.45) is 5.92 Å². The Morgan fingerprint density at radius 3 is 2.58 bits per heavy atom. The number of benzene rings is 1. The van der Waals surface area contributed by atoms with Gasteiger partial charge in [-0.2, -0.15) is 0 Å². The second-order valence-corrected chi connectivity index (χ2v) is 8.40. The van der Waals surface area contributed by atoms with E-state index in [9.17, 15) is 14.4 Å². The molecule has 1 amide bonds. The molecule has 0 bridgehead atoms. The monoisotopic (exact) mass is 468 g/mol. The van der Waals surface area contributed by atoms with Gasteiger partial charge in [0.15, 0.2) is 0 Å². The number of aromatic nitrogens is 3. The first-order chi connectivity index (χ1) is 15.7. The van der Waals surface area contributed by atoms with Crippen molar-refractivity contribution in [2.45, 2.75) is 32.9 Å². The van der Waals surface area contributed by atoms with Crippen LogP contribution < -0.4 is 11.0 Å². The quantitative estimate of drug-likeness (QED) is 0.460. The Morgan fingerprint density at radius 1 is 1.18 bits per heavy atom. The highest BCUT2D eigenvalue weighted by atomic mass is 35.5. The lowest BCUT2D eigenvalue weighted by atomic mass is 10.0. The average Bonchev–Trinajstić information content (AvgIpc) is 3.12. The van der Waals surface area contributed by atoms with Crippen LogP contribution in [0.2, 0.25) is 5.02 Å². The smallest absolute Gasteiger partial charge is 0.329 e. The van der Waals surface area contributed by atoms with Crippen LogP contribution in [0.3, 0.4) is 0 Å². The van der Waals surface area contributed by atoms with Gasteiger partial charge in [-0.1, -0.05) is 43.6 Å². The number of hydrogen-bond acceptors (Lipinski definition) is 4. The number of carboxylic acid groups (broad SMARTS) is 1. The molecule has 0 radical (unpaired) electrons. The van der Waals surface area contributed by atoms with Gasteiger partial charge in [0, 0.05) is 29.7 Å². The first-order valence-electron chi connectivity index (χ1n) is 10.4. The number of carbonyl (C=O) groups is 2. The van der Waals surface area contributed by atoms with Gasteiger partial charge in [0.1, 0.15) is 11.9 Å². The van der Waals surface area contributed by atoms with E-state index < -0.39 is 12.0 Å². The number of amides is 1. The van der Waals surface area contributed by atoms with Gasteiger partial charge in [-0.25, -0.2) is 14.6 Å². The lowest BCUT2D eigenvalue weighted by Gasteiger charge is -2.19. The number of pyridine rings is 1. The molecule has 3 rings (SSSR count). The summed E-state index contributed by atoms with van der Waals surface area (Å²) in [6, 6.07) is 9.80. The highest BCUT2D eigenvalue weighted by Gasteiger charge is 2.24. The summed E-state index contributed by atoms with van der Waals surface area (Å²) in [5.74, 6) is -0.945. The van der Waals surface area contributed by atoms with E-state index in [1.165, 1.54) is 21.4 Å². The van der Waals surface area contributed by atoms with Crippen LogP contribution in [0.4, 0.5) is 5.82 Å². The minimum Gasteiger partial charge on any atom is -0.478 e. The molecule has 0 fully saturated rings. The average molecular weight is 469 g/mol. The predicted molar refractivity (Wildman–Crippen MR) is 127 cm³/mol. The number of imidazole rings is 1. The number of nitrogens with one attached hydrogen (secondary N) is 1. The fourth-order valence-electron chi connectivity index (χ4n) is 3.34. The largest absolute Gasteiger partial charge is 0.478 e. The summed E-state index contributed by atoms with van der Waals surface area (Å²) in [5.41, 5.74) is 1.09. The van der Waals surface area contributed by atoms with Crippen LogP contribution in [0.1, 0.15) is 37.4 Å². The van der Waals surface area contributed by atoms with Crippen molar-refractivity contribution in [1.29, 1.82) is 0 Å². The molecule has 0 saturated carbocycles. The molecule has 0 aliphatic rings. The third-order valence-corrected chi connectivity index (χ3v) is 5.33. The summed E-state index contributed by atoms with van der Waals surface area (Å²) < 4.78 is 2.94. The van der Waals surface area contributed by atoms with E-state index in [0.29, 0.717) is 29.4 Å². The second-order valence-electron chi connectivity index (χ2n) is 7.99. The molecular formula is C24H25ClN4O4. The maximum Gasteiger partial charge on any atom is 0.329 e. The highest BCUT2D eigenvalue weighted by molar-refractivity contribution is 6.31. The number of hydrogen-bond donors (Lipinski definition) is 2. The standard InChI is InChI=1S/C24H25ClN4O4/c1-16(2)13-20(23(32)27-21-9-7-17(14-26-21)8-10-22(30)31)29-12-11-28(24(29)33)15-18-5-3-4-6-19(18)25/h3-12,14,16,20H,13,15H2,1-2H3,(H,30,31)(H,26,27,32)/b10-8+/t20-/m0/s1. The van der Waals surface area contributed by atoms with Gasteiger partial charge < -0.3 is 10.4 Å². The van der Waals surface area contributed by atoms with Gasteiger partial charge in [-0.3, -0.25) is 13.9 Å². The molecule has 0 aliphatic carbocycles. The minimum absolute atomic E-state index is 0.163. The van der Waals surface area contributed by atoms with Crippen LogP contribution in [0.15, 0.2) is 65.9 Å². The van der Waals surface area contributed by atoms with Crippen molar-refractivity contribution in [2.75, 3.05) is 5.32 Å². The van der Waals surface area contributed by atoms with Crippen molar-refractivity contribution in [3.8, 4) is 0 Å². The van der Waals surface area contributed by atoms with Crippen LogP contribution in [0, 0.1) is 5.92 Å². The van der Waals surface area contributed by atoms with Crippen molar-refractivity contribution >= 4 is 35.4 Å². The van der Waals surface area contributed by atoms with Crippen LogP contribution in [-0.2, 0) is 16.1 Å². The minimum atomic E-state index is -1.06. The number of halogens is 1. The van der Waals surface area contributed by atoms with Crippen molar-refractivity contribution in [3.63, 3.8) is 0 Å². The fraction of sp³-hybridized carbons (Fsp3) is 0.250. The normalized spacial score (nSPS) is 12.2. The molecule has 0 spiro atoms. The lowest BCUT2D eigenvalue weighted by molar-refractivity contribution is -0.131. The first-order valence-corrected chi connectivity index (χ1v) is 10.8. The Kier molecular flexibility index (Phi) is 7.84. The molecule has 2 aromatic heterocycles. The van der Waals surface area contributed by atoms with Crippen molar-refractivity contribution in [1.82, 2.24) is 14.1 Å². The lowest BCUT2D eigenvalue weighted by Crippen LogP contribution is -2.35. The van der Waals surface area contributed by atoms with Crippen molar-refractivity contribution < 1.29 is 14.7 Å².